The monoisotopic (exact) mass is 334 g/mol. The van der Waals surface area contributed by atoms with Crippen LogP contribution in [0.15, 0.2) is 59.3 Å². The first-order chi connectivity index (χ1) is 12.0. The molecule has 0 spiro atoms. The summed E-state index contributed by atoms with van der Waals surface area (Å²) in [7, 11) is 0. The zero-order valence-corrected chi connectivity index (χ0v) is 14.0. The summed E-state index contributed by atoms with van der Waals surface area (Å²) in [4.78, 5) is 24.1. The Hall–Kier alpha value is -3.41. The highest BCUT2D eigenvalue weighted by Crippen LogP contribution is 2.30. The van der Waals surface area contributed by atoms with Gasteiger partial charge in [0.15, 0.2) is 0 Å². The SMILES string of the molecule is Cc1cc2c(cc1C)N/C(=C\C(=O)N/N=C\c1ccccc1)C(=O)N2. The molecule has 0 atom stereocenters. The molecular weight excluding hydrogens is 316 g/mol. The van der Waals surface area contributed by atoms with Gasteiger partial charge in [-0.25, -0.2) is 5.43 Å². The zero-order valence-electron chi connectivity index (χ0n) is 14.0. The maximum atomic E-state index is 12.1. The summed E-state index contributed by atoms with van der Waals surface area (Å²) in [5, 5.41) is 9.64. The number of rotatable bonds is 3. The van der Waals surface area contributed by atoms with Crippen LogP contribution in [0.4, 0.5) is 11.4 Å². The van der Waals surface area contributed by atoms with Crippen LogP contribution in [0.25, 0.3) is 0 Å². The van der Waals surface area contributed by atoms with Gasteiger partial charge in [-0.1, -0.05) is 30.3 Å². The molecule has 3 rings (SSSR count). The molecule has 0 aromatic heterocycles. The van der Waals surface area contributed by atoms with Crippen molar-refractivity contribution in [3.05, 3.63) is 70.9 Å². The Labute approximate surface area is 145 Å². The van der Waals surface area contributed by atoms with E-state index in [-0.39, 0.29) is 11.6 Å². The smallest absolute Gasteiger partial charge is 0.272 e. The molecule has 2 aromatic carbocycles. The Morgan fingerprint density at radius 3 is 2.36 bits per heavy atom. The van der Waals surface area contributed by atoms with Crippen LogP contribution in [0.3, 0.4) is 0 Å². The largest absolute Gasteiger partial charge is 0.349 e. The molecule has 0 unspecified atom stereocenters. The topological polar surface area (TPSA) is 82.6 Å². The summed E-state index contributed by atoms with van der Waals surface area (Å²) in [6.07, 6.45) is 2.72. The number of carbonyl (C=O) groups excluding carboxylic acids is 2. The number of aryl methyl sites for hydroxylation is 2. The van der Waals surface area contributed by atoms with Gasteiger partial charge in [0.2, 0.25) is 0 Å². The Morgan fingerprint density at radius 2 is 1.68 bits per heavy atom. The highest BCUT2D eigenvalue weighted by molar-refractivity contribution is 6.14. The molecule has 0 bridgehead atoms. The fraction of sp³-hybridized carbons (Fsp3) is 0.105. The minimum absolute atomic E-state index is 0.170. The first-order valence-corrected chi connectivity index (χ1v) is 7.82. The van der Waals surface area contributed by atoms with Crippen molar-refractivity contribution in [2.45, 2.75) is 13.8 Å². The van der Waals surface area contributed by atoms with Gasteiger partial charge in [0, 0.05) is 6.08 Å². The average Bonchev–Trinajstić information content (AvgIpc) is 2.58. The van der Waals surface area contributed by atoms with Crippen LogP contribution in [-0.4, -0.2) is 18.0 Å². The molecule has 6 nitrogen and oxygen atoms in total. The molecular formula is C19H18N4O2. The molecule has 6 heteroatoms. The van der Waals surface area contributed by atoms with Crippen molar-refractivity contribution >= 4 is 29.4 Å². The third-order valence-corrected chi connectivity index (χ3v) is 3.86. The van der Waals surface area contributed by atoms with Gasteiger partial charge >= 0.3 is 0 Å². The molecule has 1 aliphatic heterocycles. The second-order valence-electron chi connectivity index (χ2n) is 5.76. The Kier molecular flexibility index (Phi) is 4.61. The van der Waals surface area contributed by atoms with Crippen LogP contribution < -0.4 is 16.1 Å². The minimum Gasteiger partial charge on any atom is -0.349 e. The molecule has 2 aromatic rings. The lowest BCUT2D eigenvalue weighted by Crippen LogP contribution is -2.28. The predicted molar refractivity (Wildman–Crippen MR) is 98.4 cm³/mol. The fourth-order valence-electron chi connectivity index (χ4n) is 2.39. The fourth-order valence-corrected chi connectivity index (χ4v) is 2.39. The van der Waals surface area contributed by atoms with E-state index >= 15 is 0 Å². The number of nitrogens with one attached hydrogen (secondary N) is 3. The number of amides is 2. The van der Waals surface area contributed by atoms with Gasteiger partial charge in [0.05, 0.1) is 17.6 Å². The number of anilines is 2. The number of fused-ring (bicyclic) bond motifs is 1. The first-order valence-electron chi connectivity index (χ1n) is 7.82. The van der Waals surface area contributed by atoms with Crippen molar-refractivity contribution in [3.63, 3.8) is 0 Å². The second-order valence-corrected chi connectivity index (χ2v) is 5.76. The predicted octanol–water partition coefficient (Wildman–Crippen LogP) is 2.70. The van der Waals surface area contributed by atoms with Crippen molar-refractivity contribution < 1.29 is 9.59 Å². The second kappa shape index (κ2) is 7.00. The zero-order chi connectivity index (χ0) is 17.8. The van der Waals surface area contributed by atoms with E-state index in [1.165, 1.54) is 12.3 Å². The summed E-state index contributed by atoms with van der Waals surface area (Å²) in [6, 6.07) is 13.2. The lowest BCUT2D eigenvalue weighted by Gasteiger charge is -2.22. The number of nitrogens with zero attached hydrogens (tertiary/aromatic N) is 1. The van der Waals surface area contributed by atoms with Crippen LogP contribution >= 0.6 is 0 Å². The van der Waals surface area contributed by atoms with E-state index in [1.807, 2.05) is 56.3 Å². The van der Waals surface area contributed by atoms with Crippen molar-refractivity contribution in [1.82, 2.24) is 5.43 Å². The van der Waals surface area contributed by atoms with Crippen molar-refractivity contribution in [2.24, 2.45) is 5.10 Å². The van der Waals surface area contributed by atoms with Gasteiger partial charge in [-0.2, -0.15) is 5.10 Å². The number of carbonyl (C=O) groups is 2. The maximum Gasteiger partial charge on any atom is 0.272 e. The number of benzene rings is 2. The Morgan fingerprint density at radius 1 is 1.04 bits per heavy atom. The lowest BCUT2D eigenvalue weighted by atomic mass is 10.1. The Balaban J connectivity index is 1.70. The Bertz CT molecular complexity index is 886. The summed E-state index contributed by atoms with van der Waals surface area (Å²) in [5.74, 6) is -0.852. The van der Waals surface area contributed by atoms with Gasteiger partial charge in [-0.3, -0.25) is 9.59 Å². The van der Waals surface area contributed by atoms with Gasteiger partial charge in [-0.15, -0.1) is 0 Å². The van der Waals surface area contributed by atoms with Crippen LogP contribution in [0.2, 0.25) is 0 Å². The molecule has 0 saturated carbocycles. The van der Waals surface area contributed by atoms with E-state index in [9.17, 15) is 9.59 Å². The van der Waals surface area contributed by atoms with E-state index < -0.39 is 5.91 Å². The summed E-state index contributed by atoms with van der Waals surface area (Å²) >= 11 is 0. The molecule has 1 aliphatic rings. The summed E-state index contributed by atoms with van der Waals surface area (Å²) in [6.45, 7) is 3.97. The van der Waals surface area contributed by atoms with Crippen LogP contribution in [0.5, 0.6) is 0 Å². The quantitative estimate of drug-likeness (QED) is 0.458. The third-order valence-electron chi connectivity index (χ3n) is 3.86. The van der Waals surface area contributed by atoms with E-state index in [0.29, 0.717) is 5.69 Å². The minimum atomic E-state index is -0.489. The highest BCUT2D eigenvalue weighted by Gasteiger charge is 2.21. The first kappa shape index (κ1) is 16.4. The van der Waals surface area contributed by atoms with E-state index in [4.69, 9.17) is 0 Å². The molecule has 126 valence electrons. The molecule has 0 fully saturated rings. The third kappa shape index (κ3) is 3.92. The lowest BCUT2D eigenvalue weighted by molar-refractivity contribution is -0.117. The van der Waals surface area contributed by atoms with Crippen LogP contribution in [0, 0.1) is 13.8 Å². The molecule has 0 aliphatic carbocycles. The van der Waals surface area contributed by atoms with Crippen molar-refractivity contribution in [2.75, 3.05) is 10.6 Å². The van der Waals surface area contributed by atoms with Gasteiger partial charge in [0.1, 0.15) is 5.70 Å². The van der Waals surface area contributed by atoms with Crippen LogP contribution in [-0.2, 0) is 9.59 Å². The number of hydrogen-bond donors (Lipinski definition) is 3. The van der Waals surface area contributed by atoms with Crippen LogP contribution in [0.1, 0.15) is 16.7 Å². The van der Waals surface area contributed by atoms with Gasteiger partial charge in [0.25, 0.3) is 11.8 Å². The van der Waals surface area contributed by atoms with E-state index in [1.54, 1.807) is 0 Å². The van der Waals surface area contributed by atoms with E-state index in [2.05, 4.69) is 21.2 Å². The molecule has 2 amide bonds. The molecule has 3 N–H and O–H groups in total. The summed E-state index contributed by atoms with van der Waals surface area (Å²) < 4.78 is 0. The molecule has 0 radical (unpaired) electrons. The summed E-state index contributed by atoms with van der Waals surface area (Å²) in [5.41, 5.74) is 7.05. The van der Waals surface area contributed by atoms with Crippen molar-refractivity contribution in [1.29, 1.82) is 0 Å². The van der Waals surface area contributed by atoms with Crippen molar-refractivity contribution in [3.8, 4) is 0 Å². The average molecular weight is 334 g/mol. The molecule has 25 heavy (non-hydrogen) atoms. The van der Waals surface area contributed by atoms with E-state index in [0.717, 1.165) is 22.4 Å². The number of hydrogen-bond acceptors (Lipinski definition) is 4. The molecule has 1 heterocycles. The van der Waals surface area contributed by atoms with Gasteiger partial charge in [-0.05, 0) is 42.7 Å². The normalized spacial score (nSPS) is 14.8. The highest BCUT2D eigenvalue weighted by atomic mass is 16.2. The number of hydrazone groups is 1. The standard InChI is InChI=1S/C19H18N4O2/c1-12-8-15-16(9-13(12)2)22-19(25)17(21-15)10-18(24)23-20-11-14-6-4-3-5-7-14/h3-11,21H,1-2H3,(H,22,25)(H,23,24)/b17-10-,20-11-. The maximum absolute atomic E-state index is 12.1. The van der Waals surface area contributed by atoms with Gasteiger partial charge < -0.3 is 10.6 Å². The molecule has 0 saturated heterocycles.